The lowest BCUT2D eigenvalue weighted by atomic mass is 10.1. The maximum absolute atomic E-state index is 10.9. The molecule has 0 saturated carbocycles. The van der Waals surface area contributed by atoms with Crippen molar-refractivity contribution < 1.29 is 8.42 Å². The molecule has 1 aliphatic heterocycles. The molecule has 0 aromatic heterocycles. The second-order valence-corrected chi connectivity index (χ2v) is 4.66. The molecule has 1 heterocycles. The molecule has 0 aromatic carbocycles. The van der Waals surface area contributed by atoms with E-state index in [2.05, 4.69) is 0 Å². The molecular weight excluding hydrogens is 150 g/mol. The third-order valence-electron chi connectivity index (χ3n) is 1.99. The first-order valence-electron chi connectivity index (χ1n) is 3.52. The van der Waals surface area contributed by atoms with Crippen molar-refractivity contribution >= 4 is 10.0 Å². The van der Waals surface area contributed by atoms with E-state index >= 15 is 0 Å². The third-order valence-corrected chi connectivity index (χ3v) is 3.32. The van der Waals surface area contributed by atoms with E-state index in [0.717, 1.165) is 19.4 Å². The maximum Gasteiger partial charge on any atom is 0.211 e. The molecule has 1 atom stereocenters. The quantitative estimate of drug-likeness (QED) is 0.592. The van der Waals surface area contributed by atoms with Gasteiger partial charge >= 0.3 is 0 Å². The van der Waals surface area contributed by atoms with Gasteiger partial charge in [0.05, 0.1) is 6.26 Å². The Morgan fingerprint density at radius 1 is 1.60 bits per heavy atom. The molecule has 4 heteroatoms. The van der Waals surface area contributed by atoms with Crippen LogP contribution < -0.4 is 0 Å². The highest BCUT2D eigenvalue weighted by atomic mass is 32.2. The van der Waals surface area contributed by atoms with Crippen LogP contribution in [0.4, 0.5) is 0 Å². The molecule has 3 nitrogen and oxygen atoms in total. The van der Waals surface area contributed by atoms with E-state index < -0.39 is 10.0 Å². The van der Waals surface area contributed by atoms with Crippen molar-refractivity contribution in [2.45, 2.75) is 25.8 Å². The summed E-state index contributed by atoms with van der Waals surface area (Å²) in [6, 6.07) is 0.287. The van der Waals surface area contributed by atoms with Gasteiger partial charge in [-0.2, -0.15) is 4.31 Å². The Morgan fingerprint density at radius 3 is 2.30 bits per heavy atom. The maximum atomic E-state index is 10.9. The first kappa shape index (κ1) is 8.01. The molecule has 0 N–H and O–H groups in total. The highest BCUT2D eigenvalue weighted by Gasteiger charge is 2.32. The fraction of sp³-hybridized carbons (Fsp3) is 1.00. The van der Waals surface area contributed by atoms with Crippen molar-refractivity contribution in [2.24, 2.45) is 0 Å². The van der Waals surface area contributed by atoms with Crippen molar-refractivity contribution in [3.8, 4) is 0 Å². The van der Waals surface area contributed by atoms with Crippen molar-refractivity contribution in [1.82, 2.24) is 4.31 Å². The first-order valence-corrected chi connectivity index (χ1v) is 5.37. The molecule has 0 amide bonds. The molecular formula is C6H13NO2S. The first-order chi connectivity index (χ1) is 4.55. The standard InChI is InChI=1S/C6H13NO2S/c1-3-6-4-5-7(6)10(2,8)9/h6H,3-5H2,1-2H3. The van der Waals surface area contributed by atoms with Crippen LogP contribution in [0.3, 0.4) is 0 Å². The van der Waals surface area contributed by atoms with E-state index in [9.17, 15) is 8.42 Å². The second kappa shape index (κ2) is 2.51. The number of nitrogens with zero attached hydrogens (tertiary/aromatic N) is 1. The molecule has 1 saturated heterocycles. The molecule has 1 unspecified atom stereocenters. The molecule has 60 valence electrons. The Morgan fingerprint density at radius 2 is 2.20 bits per heavy atom. The van der Waals surface area contributed by atoms with Crippen LogP contribution in [-0.2, 0) is 10.0 Å². The number of sulfonamides is 1. The lowest BCUT2D eigenvalue weighted by Crippen LogP contribution is -2.49. The lowest BCUT2D eigenvalue weighted by molar-refractivity contribution is 0.195. The Kier molecular flexibility index (Phi) is 2.01. The smallest absolute Gasteiger partial charge is 0.211 e. The summed E-state index contributed by atoms with van der Waals surface area (Å²) >= 11 is 0. The topological polar surface area (TPSA) is 37.4 Å². The van der Waals surface area contributed by atoms with Gasteiger partial charge in [0.2, 0.25) is 10.0 Å². The van der Waals surface area contributed by atoms with Crippen molar-refractivity contribution in [3.63, 3.8) is 0 Å². The minimum absolute atomic E-state index is 0.287. The van der Waals surface area contributed by atoms with Crippen LogP contribution >= 0.6 is 0 Å². The van der Waals surface area contributed by atoms with Gasteiger partial charge in [0, 0.05) is 12.6 Å². The van der Waals surface area contributed by atoms with Gasteiger partial charge in [0.25, 0.3) is 0 Å². The summed E-state index contributed by atoms with van der Waals surface area (Å²) in [4.78, 5) is 0. The number of hydrogen-bond acceptors (Lipinski definition) is 2. The third kappa shape index (κ3) is 1.32. The molecule has 1 rings (SSSR count). The van der Waals surface area contributed by atoms with Gasteiger partial charge in [-0.3, -0.25) is 0 Å². The molecule has 0 spiro atoms. The normalized spacial score (nSPS) is 28.0. The average molecular weight is 163 g/mol. The summed E-state index contributed by atoms with van der Waals surface area (Å²) in [5.41, 5.74) is 0. The summed E-state index contributed by atoms with van der Waals surface area (Å²) < 4.78 is 23.4. The summed E-state index contributed by atoms with van der Waals surface area (Å²) in [6.07, 6.45) is 3.24. The Hall–Kier alpha value is -0.0900. The minimum Gasteiger partial charge on any atom is -0.212 e. The monoisotopic (exact) mass is 163 g/mol. The molecule has 1 aliphatic rings. The predicted octanol–water partition coefficient (Wildman–Crippen LogP) is 0.430. The van der Waals surface area contributed by atoms with Crippen molar-refractivity contribution in [2.75, 3.05) is 12.8 Å². The van der Waals surface area contributed by atoms with Crippen LogP contribution in [0.25, 0.3) is 0 Å². The van der Waals surface area contributed by atoms with Gasteiger partial charge in [-0.05, 0) is 12.8 Å². The Labute approximate surface area is 62.1 Å². The molecule has 0 radical (unpaired) electrons. The molecule has 1 fully saturated rings. The average Bonchev–Trinajstić information content (AvgIpc) is 1.57. The van der Waals surface area contributed by atoms with E-state index in [4.69, 9.17) is 0 Å². The molecule has 0 aromatic rings. The van der Waals surface area contributed by atoms with E-state index in [1.165, 1.54) is 6.26 Å². The Balaban J connectivity index is 2.60. The minimum atomic E-state index is -2.89. The molecule has 0 aliphatic carbocycles. The van der Waals surface area contributed by atoms with Gasteiger partial charge < -0.3 is 0 Å². The SMILES string of the molecule is CCC1CCN1S(C)(=O)=O. The largest absolute Gasteiger partial charge is 0.212 e. The van der Waals surface area contributed by atoms with Crippen LogP contribution in [-0.4, -0.2) is 31.6 Å². The van der Waals surface area contributed by atoms with Crippen LogP contribution in [0.2, 0.25) is 0 Å². The zero-order valence-corrected chi connectivity index (χ0v) is 7.19. The van der Waals surface area contributed by atoms with E-state index in [1.54, 1.807) is 4.31 Å². The van der Waals surface area contributed by atoms with Crippen LogP contribution in [0, 0.1) is 0 Å². The van der Waals surface area contributed by atoms with E-state index in [1.807, 2.05) is 6.92 Å². The van der Waals surface area contributed by atoms with Crippen molar-refractivity contribution in [1.29, 1.82) is 0 Å². The number of hydrogen-bond donors (Lipinski definition) is 0. The van der Waals surface area contributed by atoms with Crippen LogP contribution in [0.5, 0.6) is 0 Å². The summed E-state index contributed by atoms with van der Waals surface area (Å²) in [6.45, 7) is 2.74. The van der Waals surface area contributed by atoms with Crippen LogP contribution in [0.1, 0.15) is 19.8 Å². The van der Waals surface area contributed by atoms with Crippen molar-refractivity contribution in [3.05, 3.63) is 0 Å². The summed E-state index contributed by atoms with van der Waals surface area (Å²) in [5.74, 6) is 0. The zero-order valence-electron chi connectivity index (χ0n) is 6.37. The zero-order chi connectivity index (χ0) is 7.78. The summed E-state index contributed by atoms with van der Waals surface area (Å²) in [7, 11) is -2.89. The molecule has 10 heavy (non-hydrogen) atoms. The van der Waals surface area contributed by atoms with E-state index in [-0.39, 0.29) is 6.04 Å². The van der Waals surface area contributed by atoms with Gasteiger partial charge in [0.1, 0.15) is 0 Å². The summed E-state index contributed by atoms with van der Waals surface area (Å²) in [5, 5.41) is 0. The highest BCUT2D eigenvalue weighted by molar-refractivity contribution is 7.88. The number of rotatable bonds is 2. The fourth-order valence-electron chi connectivity index (χ4n) is 1.26. The lowest BCUT2D eigenvalue weighted by Gasteiger charge is -2.38. The molecule has 0 bridgehead atoms. The second-order valence-electron chi connectivity index (χ2n) is 2.72. The van der Waals surface area contributed by atoms with Crippen LogP contribution in [0.15, 0.2) is 0 Å². The Bertz CT molecular complexity index is 208. The predicted molar refractivity (Wildman–Crippen MR) is 40.2 cm³/mol. The van der Waals surface area contributed by atoms with E-state index in [0.29, 0.717) is 0 Å². The van der Waals surface area contributed by atoms with Gasteiger partial charge in [-0.15, -0.1) is 0 Å². The fourth-order valence-corrected chi connectivity index (χ4v) is 2.49. The van der Waals surface area contributed by atoms with Gasteiger partial charge in [0.15, 0.2) is 0 Å². The van der Waals surface area contributed by atoms with Gasteiger partial charge in [-0.25, -0.2) is 8.42 Å². The van der Waals surface area contributed by atoms with Gasteiger partial charge in [-0.1, -0.05) is 6.92 Å². The highest BCUT2D eigenvalue weighted by Crippen LogP contribution is 2.22.